The highest BCUT2D eigenvalue weighted by Crippen LogP contribution is 2.40. The van der Waals surface area contributed by atoms with E-state index in [9.17, 15) is 29.9 Å². The zero-order valence-corrected chi connectivity index (χ0v) is 25.2. The number of carboxylic acids is 1. The number of aliphatic hydroxyl groups is 1. The highest BCUT2D eigenvalue weighted by Gasteiger charge is 2.37. The molecular weight excluding hydrogens is 566 g/mol. The number of rotatable bonds is 14. The second-order valence-electron chi connectivity index (χ2n) is 11.3. The highest BCUT2D eigenvalue weighted by molar-refractivity contribution is 5.99. The van der Waals surface area contributed by atoms with Crippen molar-refractivity contribution in [3.63, 3.8) is 0 Å². The summed E-state index contributed by atoms with van der Waals surface area (Å²) in [6.07, 6.45) is 5.79. The molecule has 1 aliphatic heterocycles. The van der Waals surface area contributed by atoms with Gasteiger partial charge in [-0.3, -0.25) is 10.1 Å². The van der Waals surface area contributed by atoms with E-state index in [-0.39, 0.29) is 30.0 Å². The molecule has 0 amide bonds. The Balaban J connectivity index is 1.27. The molecule has 0 bridgehead atoms. The van der Waals surface area contributed by atoms with Gasteiger partial charge in [-0.05, 0) is 62.8 Å². The van der Waals surface area contributed by atoms with Gasteiger partial charge in [0.2, 0.25) is 0 Å². The number of ether oxygens (including phenoxy) is 2. The molecule has 11 heteroatoms. The van der Waals surface area contributed by atoms with Crippen LogP contribution in [-0.2, 0) is 14.3 Å². The molecule has 2 atom stereocenters. The number of nitrogens with zero attached hydrogens (tertiary/aromatic N) is 1. The smallest absolute Gasteiger partial charge is 0.336 e. The lowest BCUT2D eigenvalue weighted by Gasteiger charge is -2.29. The van der Waals surface area contributed by atoms with E-state index in [1.807, 2.05) is 18.2 Å². The van der Waals surface area contributed by atoms with Crippen molar-refractivity contribution < 1.29 is 34.2 Å². The van der Waals surface area contributed by atoms with Crippen molar-refractivity contribution in [3.8, 4) is 5.75 Å². The van der Waals surface area contributed by atoms with Crippen molar-refractivity contribution in [2.75, 3.05) is 26.3 Å². The number of non-ortho nitro benzene ring substituents is 1. The predicted octanol–water partition coefficient (Wildman–Crippen LogP) is 4.92. The number of para-hydroxylation sites is 1. The van der Waals surface area contributed by atoms with E-state index in [2.05, 4.69) is 16.7 Å². The van der Waals surface area contributed by atoms with E-state index in [0.29, 0.717) is 42.4 Å². The quantitative estimate of drug-likeness (QED) is 0.100. The maximum absolute atomic E-state index is 13.2. The van der Waals surface area contributed by atoms with Gasteiger partial charge in [-0.25, -0.2) is 9.59 Å². The van der Waals surface area contributed by atoms with Gasteiger partial charge >= 0.3 is 11.9 Å². The summed E-state index contributed by atoms with van der Waals surface area (Å²) in [7, 11) is 0. The second kappa shape index (κ2) is 15.5. The van der Waals surface area contributed by atoms with E-state index in [1.54, 1.807) is 19.9 Å². The molecule has 2 aromatic rings. The molecule has 2 unspecified atom stereocenters. The molecule has 0 aromatic heterocycles. The largest absolute Gasteiger partial charge is 0.491 e. The van der Waals surface area contributed by atoms with Crippen LogP contribution in [0.15, 0.2) is 71.1 Å². The number of allylic oxidation sites excluding steroid dienone is 2. The average molecular weight is 608 g/mol. The zero-order valence-electron chi connectivity index (χ0n) is 25.2. The number of aliphatic hydroxyl groups excluding tert-OH is 1. The van der Waals surface area contributed by atoms with Crippen LogP contribution in [0.2, 0.25) is 0 Å². The Morgan fingerprint density at radius 3 is 2.52 bits per heavy atom. The first-order chi connectivity index (χ1) is 21.2. The summed E-state index contributed by atoms with van der Waals surface area (Å²) in [5.74, 6) is -1.67. The number of nitrogens with one attached hydrogen (secondary N) is 2. The Hall–Kier alpha value is -4.22. The minimum atomic E-state index is -1.24. The number of hydrogen-bond donors (Lipinski definition) is 4. The van der Waals surface area contributed by atoms with Crippen LogP contribution in [0.3, 0.4) is 0 Å². The van der Waals surface area contributed by atoms with Crippen LogP contribution >= 0.6 is 0 Å². The topological polar surface area (TPSA) is 160 Å². The third-order valence-electron chi connectivity index (χ3n) is 8.13. The molecule has 1 saturated carbocycles. The van der Waals surface area contributed by atoms with Gasteiger partial charge in [0.15, 0.2) is 0 Å². The van der Waals surface area contributed by atoms with Crippen LogP contribution in [-0.4, -0.2) is 59.5 Å². The van der Waals surface area contributed by atoms with Crippen molar-refractivity contribution in [2.24, 2.45) is 0 Å². The number of nitro groups is 1. The summed E-state index contributed by atoms with van der Waals surface area (Å²) in [5.41, 5.74) is 2.07. The van der Waals surface area contributed by atoms with Gasteiger partial charge < -0.3 is 30.3 Å². The molecule has 0 saturated heterocycles. The van der Waals surface area contributed by atoms with Crippen LogP contribution in [0, 0.1) is 10.1 Å². The van der Waals surface area contributed by atoms with Gasteiger partial charge in [-0.2, -0.15) is 0 Å². The molecule has 1 aliphatic carbocycles. The number of nitro benzene ring substituents is 1. The Labute approximate surface area is 257 Å². The van der Waals surface area contributed by atoms with E-state index >= 15 is 0 Å². The molecular formula is C33H41N3O8. The maximum Gasteiger partial charge on any atom is 0.336 e. The molecule has 0 spiro atoms. The molecule has 1 heterocycles. The van der Waals surface area contributed by atoms with E-state index in [0.717, 1.165) is 18.6 Å². The molecule has 2 aromatic carbocycles. The van der Waals surface area contributed by atoms with Crippen molar-refractivity contribution in [1.82, 2.24) is 10.6 Å². The number of dihydropyridines is 1. The summed E-state index contributed by atoms with van der Waals surface area (Å²) >= 11 is 0. The molecule has 2 aliphatic rings. The fourth-order valence-corrected chi connectivity index (χ4v) is 6.02. The lowest BCUT2D eigenvalue weighted by atomic mass is 9.80. The summed E-state index contributed by atoms with van der Waals surface area (Å²) in [5, 5.41) is 37.9. The highest BCUT2D eigenvalue weighted by atomic mass is 16.6. The number of carbonyl (C=O) groups is 2. The predicted molar refractivity (Wildman–Crippen MR) is 164 cm³/mol. The van der Waals surface area contributed by atoms with Gasteiger partial charge in [0.25, 0.3) is 5.69 Å². The van der Waals surface area contributed by atoms with Crippen molar-refractivity contribution in [1.29, 1.82) is 0 Å². The van der Waals surface area contributed by atoms with Crippen molar-refractivity contribution >= 4 is 17.6 Å². The standard InChI is InChI=1S/C33H41N3O8/c1-21-29(32(38)39)31(24-12-8-13-25(18-24)36(41)42)30(22(2)35-21)33(40)43-17-9-16-34-19-26(37)20-44-28-15-7-6-14-27(28)23-10-4-3-5-11-23/h6-8,12-15,18,23,26,31,34-35,37H,3-5,9-11,16-17,19-20H2,1-2H3,(H,38,39). The van der Waals surface area contributed by atoms with Crippen LogP contribution in [0.1, 0.15) is 75.3 Å². The average Bonchev–Trinajstić information content (AvgIpc) is 3.01. The number of aliphatic carboxylic acids is 1. The van der Waals surface area contributed by atoms with E-state index in [4.69, 9.17) is 9.47 Å². The fourth-order valence-electron chi connectivity index (χ4n) is 6.02. The lowest BCUT2D eigenvalue weighted by molar-refractivity contribution is -0.384. The second-order valence-corrected chi connectivity index (χ2v) is 11.3. The summed E-state index contributed by atoms with van der Waals surface area (Å²) in [6.45, 7) is 4.20. The Bertz CT molecular complexity index is 1410. The van der Waals surface area contributed by atoms with Gasteiger partial charge in [-0.1, -0.05) is 49.6 Å². The van der Waals surface area contributed by atoms with E-state index < -0.39 is 28.9 Å². The normalized spacial score (nSPS) is 18.0. The minimum absolute atomic E-state index is 0.0523. The van der Waals surface area contributed by atoms with Gasteiger partial charge in [0.1, 0.15) is 18.5 Å². The monoisotopic (exact) mass is 607 g/mol. The molecule has 44 heavy (non-hydrogen) atoms. The third kappa shape index (κ3) is 8.23. The first kappa shape index (κ1) is 32.7. The van der Waals surface area contributed by atoms with Crippen molar-refractivity contribution in [2.45, 2.75) is 70.3 Å². The van der Waals surface area contributed by atoms with Gasteiger partial charge in [0, 0.05) is 30.1 Å². The fraction of sp³-hybridized carbons (Fsp3) is 0.455. The Morgan fingerprint density at radius 2 is 1.80 bits per heavy atom. The third-order valence-corrected chi connectivity index (χ3v) is 8.13. The molecule has 4 rings (SSSR count). The first-order valence-corrected chi connectivity index (χ1v) is 15.1. The van der Waals surface area contributed by atoms with Gasteiger partial charge in [-0.15, -0.1) is 0 Å². The molecule has 1 fully saturated rings. The molecule has 0 radical (unpaired) electrons. The number of benzene rings is 2. The number of carbonyl (C=O) groups excluding carboxylic acids is 1. The first-order valence-electron chi connectivity index (χ1n) is 15.1. The van der Waals surface area contributed by atoms with Gasteiger partial charge in [0.05, 0.1) is 28.6 Å². The van der Waals surface area contributed by atoms with Crippen LogP contribution < -0.4 is 15.4 Å². The summed E-state index contributed by atoms with van der Waals surface area (Å²) < 4.78 is 11.5. The van der Waals surface area contributed by atoms with E-state index in [1.165, 1.54) is 43.0 Å². The SMILES string of the molecule is CC1=C(C(=O)O)C(c2cccc([N+](=O)[O-])c2)C(C(=O)OCCCNCC(O)COc2ccccc2C2CCCCC2)=C(C)N1. The lowest BCUT2D eigenvalue weighted by Crippen LogP contribution is -2.33. The Morgan fingerprint density at radius 1 is 1.07 bits per heavy atom. The summed E-state index contributed by atoms with van der Waals surface area (Å²) in [6, 6.07) is 13.7. The molecule has 4 N–H and O–H groups in total. The van der Waals surface area contributed by atoms with Crippen LogP contribution in [0.5, 0.6) is 5.75 Å². The Kier molecular flexibility index (Phi) is 11.5. The zero-order chi connectivity index (χ0) is 31.6. The summed E-state index contributed by atoms with van der Waals surface area (Å²) in [4.78, 5) is 36.2. The van der Waals surface area contributed by atoms with Crippen LogP contribution in [0.25, 0.3) is 0 Å². The minimum Gasteiger partial charge on any atom is -0.491 e. The van der Waals surface area contributed by atoms with Crippen molar-refractivity contribution in [3.05, 3.63) is 92.3 Å². The molecule has 236 valence electrons. The maximum atomic E-state index is 13.2. The van der Waals surface area contributed by atoms with Crippen LogP contribution in [0.4, 0.5) is 5.69 Å². The number of hydrogen-bond acceptors (Lipinski definition) is 9. The molecule has 11 nitrogen and oxygen atoms in total. The number of carboxylic acid groups (broad SMARTS) is 1. The number of esters is 1.